The molecule has 1 aliphatic carbocycles. The van der Waals surface area contributed by atoms with Crippen molar-refractivity contribution in [2.75, 3.05) is 9.80 Å². The summed E-state index contributed by atoms with van der Waals surface area (Å²) in [5.74, 6) is 0.239. The van der Waals surface area contributed by atoms with Crippen LogP contribution < -0.4 is 9.80 Å². The Labute approximate surface area is 400 Å². The standard InChI is InChI=1S/C66H50N2/c1-5-17-49(18-6-1)51-31-39-61(40-32-51)67(59-25-9-3-10-26-59)63-43-35-53(36-44-63)55-21-15-23-57(47-55)65-29-13-14-30-66(65)58-24-16-22-56(48-58)54-37-45-64(46-38-54)68(60-27-11-4-12-28-60)62-41-33-52(34-42-62)50-19-7-2-8-20-50/h1-23,25-48,58H,24H2. The van der Waals surface area contributed by atoms with Crippen molar-refractivity contribution in [1.29, 1.82) is 0 Å². The van der Waals surface area contributed by atoms with Gasteiger partial charge in [0.2, 0.25) is 0 Å². The van der Waals surface area contributed by atoms with E-state index in [1.807, 2.05) is 0 Å². The van der Waals surface area contributed by atoms with E-state index in [9.17, 15) is 0 Å². The molecule has 0 spiro atoms. The minimum absolute atomic E-state index is 0.239. The fourth-order valence-electron chi connectivity index (χ4n) is 9.56. The second kappa shape index (κ2) is 19.4. The van der Waals surface area contributed by atoms with Crippen molar-refractivity contribution in [1.82, 2.24) is 0 Å². The molecule has 11 rings (SSSR count). The van der Waals surface area contributed by atoms with Gasteiger partial charge in [0.05, 0.1) is 0 Å². The van der Waals surface area contributed by atoms with Gasteiger partial charge in [0, 0.05) is 40.0 Å². The van der Waals surface area contributed by atoms with Crippen LogP contribution >= 0.6 is 0 Å². The first-order valence-corrected chi connectivity index (χ1v) is 23.5. The molecule has 1 unspecified atom stereocenters. The first-order chi connectivity index (χ1) is 33.7. The molecule has 2 heteroatoms. The van der Waals surface area contributed by atoms with Crippen molar-refractivity contribution in [2.24, 2.45) is 0 Å². The molecule has 1 aliphatic rings. The highest BCUT2D eigenvalue weighted by atomic mass is 15.1. The van der Waals surface area contributed by atoms with Gasteiger partial charge in [0.1, 0.15) is 0 Å². The molecule has 0 amide bonds. The lowest BCUT2D eigenvalue weighted by Crippen LogP contribution is -2.09. The van der Waals surface area contributed by atoms with Crippen LogP contribution in [-0.2, 0) is 0 Å². The molecule has 0 bridgehead atoms. The summed E-state index contributed by atoms with van der Waals surface area (Å²) in [4.78, 5) is 4.65. The van der Waals surface area contributed by atoms with Crippen molar-refractivity contribution in [3.05, 3.63) is 296 Å². The highest BCUT2D eigenvalue weighted by Gasteiger charge is 2.19. The Morgan fingerprint density at radius 1 is 0.279 bits per heavy atom. The molecule has 1 atom stereocenters. The smallest absolute Gasteiger partial charge is 0.0462 e. The summed E-state index contributed by atoms with van der Waals surface area (Å²) in [6.07, 6.45) is 8.03. The zero-order valence-corrected chi connectivity index (χ0v) is 37.8. The third-order valence-corrected chi connectivity index (χ3v) is 13.0. The summed E-state index contributed by atoms with van der Waals surface area (Å²) < 4.78 is 0. The quantitative estimate of drug-likeness (QED) is 0.121. The second-order valence-electron chi connectivity index (χ2n) is 17.3. The summed E-state index contributed by atoms with van der Waals surface area (Å²) in [5.41, 5.74) is 20.2. The Bertz CT molecular complexity index is 3300. The zero-order chi connectivity index (χ0) is 45.5. The Hall–Kier alpha value is -8.72. The van der Waals surface area contributed by atoms with Crippen LogP contribution in [0.5, 0.6) is 0 Å². The molecule has 0 aliphatic heterocycles. The lowest BCUT2D eigenvalue weighted by Gasteiger charge is -2.26. The highest BCUT2D eigenvalue weighted by Crippen LogP contribution is 2.41. The van der Waals surface area contributed by atoms with Gasteiger partial charge in [0.25, 0.3) is 0 Å². The van der Waals surface area contributed by atoms with E-state index < -0.39 is 0 Å². The van der Waals surface area contributed by atoms with Gasteiger partial charge < -0.3 is 9.80 Å². The Morgan fingerprint density at radius 3 is 1.12 bits per heavy atom. The second-order valence-corrected chi connectivity index (χ2v) is 17.3. The maximum atomic E-state index is 2.46. The molecule has 0 radical (unpaired) electrons. The molecular weight excluding hydrogens is 821 g/mol. The normalized spacial score (nSPS) is 13.1. The Morgan fingerprint density at radius 2 is 0.632 bits per heavy atom. The van der Waals surface area contributed by atoms with Crippen LogP contribution in [-0.4, -0.2) is 0 Å². The van der Waals surface area contributed by atoms with E-state index in [2.05, 4.69) is 295 Å². The average molecular weight is 871 g/mol. The molecule has 2 nitrogen and oxygen atoms in total. The van der Waals surface area contributed by atoms with E-state index in [1.165, 1.54) is 61.2 Å². The van der Waals surface area contributed by atoms with Gasteiger partial charge in [-0.2, -0.15) is 0 Å². The molecule has 0 saturated heterocycles. The van der Waals surface area contributed by atoms with Gasteiger partial charge in [0.15, 0.2) is 0 Å². The van der Waals surface area contributed by atoms with Crippen LogP contribution in [0.1, 0.15) is 23.5 Å². The molecule has 0 saturated carbocycles. The maximum Gasteiger partial charge on any atom is 0.0462 e. The summed E-state index contributed by atoms with van der Waals surface area (Å²) in [7, 11) is 0. The van der Waals surface area contributed by atoms with Crippen molar-refractivity contribution in [3.63, 3.8) is 0 Å². The zero-order valence-electron chi connectivity index (χ0n) is 37.8. The fraction of sp³-hybridized carbons (Fsp3) is 0.0303. The van der Waals surface area contributed by atoms with E-state index in [-0.39, 0.29) is 5.92 Å². The third-order valence-electron chi connectivity index (χ3n) is 13.0. The van der Waals surface area contributed by atoms with Crippen LogP contribution in [0.15, 0.2) is 285 Å². The largest absolute Gasteiger partial charge is 0.311 e. The lowest BCUT2D eigenvalue weighted by molar-refractivity contribution is 0.859. The van der Waals surface area contributed by atoms with Gasteiger partial charge in [-0.15, -0.1) is 0 Å². The van der Waals surface area contributed by atoms with Crippen LogP contribution in [0.3, 0.4) is 0 Å². The summed E-state index contributed by atoms with van der Waals surface area (Å²) >= 11 is 0. The van der Waals surface area contributed by atoms with E-state index in [0.717, 1.165) is 40.5 Å². The van der Waals surface area contributed by atoms with Gasteiger partial charge in [-0.05, 0) is 146 Å². The predicted molar refractivity (Wildman–Crippen MR) is 288 cm³/mol. The number of nitrogens with zero attached hydrogens (tertiary/aromatic N) is 2. The lowest BCUT2D eigenvalue weighted by atomic mass is 9.83. The van der Waals surface area contributed by atoms with Gasteiger partial charge in [-0.25, -0.2) is 0 Å². The number of benzene rings is 10. The highest BCUT2D eigenvalue weighted by molar-refractivity contribution is 5.84. The fourth-order valence-corrected chi connectivity index (χ4v) is 9.56. The predicted octanol–water partition coefficient (Wildman–Crippen LogP) is 18.4. The van der Waals surface area contributed by atoms with Gasteiger partial charge in [-0.1, -0.05) is 206 Å². The maximum absolute atomic E-state index is 2.46. The number of rotatable bonds is 12. The van der Waals surface area contributed by atoms with Crippen molar-refractivity contribution in [2.45, 2.75) is 12.3 Å². The molecular formula is C66H50N2. The SMILES string of the molecule is C1=CC(c2ccc(N(c3ccccc3)c3ccc(-c4ccccc4)cc3)cc2)=CC(c2ccccc2-c2cccc(-c3ccc(N(c4ccccc4)c4ccc(-c5ccccc5)cc4)cc3)c2)C1. The molecule has 0 N–H and O–H groups in total. The molecule has 324 valence electrons. The molecule has 0 heterocycles. The molecule has 0 fully saturated rings. The minimum Gasteiger partial charge on any atom is -0.311 e. The Balaban J connectivity index is 0.846. The van der Waals surface area contributed by atoms with E-state index in [0.29, 0.717) is 0 Å². The van der Waals surface area contributed by atoms with Crippen LogP contribution in [0.4, 0.5) is 34.1 Å². The molecule has 10 aromatic carbocycles. The van der Waals surface area contributed by atoms with E-state index in [1.54, 1.807) is 0 Å². The molecule has 0 aromatic heterocycles. The summed E-state index contributed by atoms with van der Waals surface area (Å²) in [6.45, 7) is 0. The first-order valence-electron chi connectivity index (χ1n) is 23.5. The number of anilines is 6. The van der Waals surface area contributed by atoms with Crippen molar-refractivity contribution in [3.8, 4) is 44.5 Å². The number of allylic oxidation sites excluding steroid dienone is 4. The number of para-hydroxylation sites is 2. The van der Waals surface area contributed by atoms with Gasteiger partial charge >= 0.3 is 0 Å². The topological polar surface area (TPSA) is 6.48 Å². The monoisotopic (exact) mass is 870 g/mol. The molecule has 68 heavy (non-hydrogen) atoms. The minimum atomic E-state index is 0.239. The number of hydrogen-bond donors (Lipinski definition) is 0. The summed E-state index contributed by atoms with van der Waals surface area (Å²) in [5, 5.41) is 0. The third kappa shape index (κ3) is 8.96. The van der Waals surface area contributed by atoms with E-state index >= 15 is 0 Å². The summed E-state index contributed by atoms with van der Waals surface area (Å²) in [6, 6.07) is 96.0. The molecule has 10 aromatic rings. The van der Waals surface area contributed by atoms with Crippen LogP contribution in [0.2, 0.25) is 0 Å². The average Bonchev–Trinajstić information content (AvgIpc) is 3.43. The van der Waals surface area contributed by atoms with Crippen LogP contribution in [0, 0.1) is 0 Å². The number of hydrogen-bond acceptors (Lipinski definition) is 2. The first kappa shape index (κ1) is 41.9. The van der Waals surface area contributed by atoms with Gasteiger partial charge in [-0.3, -0.25) is 0 Å². The van der Waals surface area contributed by atoms with Crippen LogP contribution in [0.25, 0.3) is 50.1 Å². The Kier molecular flexibility index (Phi) is 12.0. The van der Waals surface area contributed by atoms with Crippen molar-refractivity contribution >= 4 is 39.7 Å². The van der Waals surface area contributed by atoms with Crippen molar-refractivity contribution < 1.29 is 0 Å². The van der Waals surface area contributed by atoms with E-state index in [4.69, 9.17) is 0 Å².